The number of aliphatic hydroxyl groups excluding tert-OH is 1. The molecule has 24 heavy (non-hydrogen) atoms. The van der Waals surface area contributed by atoms with Crippen molar-refractivity contribution in [3.8, 4) is 0 Å². The minimum atomic E-state index is 0.0427. The van der Waals surface area contributed by atoms with E-state index in [1.54, 1.807) is 0 Å². The zero-order chi connectivity index (χ0) is 17.7. The Morgan fingerprint density at radius 2 is 1.79 bits per heavy atom. The Bertz CT molecular complexity index is 589. The number of aliphatic hydroxyl groups is 1. The van der Waals surface area contributed by atoms with Gasteiger partial charge in [-0.3, -0.25) is 9.59 Å². The van der Waals surface area contributed by atoms with E-state index in [0.717, 1.165) is 42.4 Å². The summed E-state index contributed by atoms with van der Waals surface area (Å²) in [5, 5.41) is 9.20. The molecule has 1 aliphatic rings. The molecule has 1 aromatic carbocycles. The molecule has 1 fully saturated rings. The zero-order valence-corrected chi connectivity index (χ0v) is 15.0. The summed E-state index contributed by atoms with van der Waals surface area (Å²) in [6.45, 7) is 4.15. The Morgan fingerprint density at radius 3 is 2.42 bits per heavy atom. The molecule has 0 aliphatic heterocycles. The summed E-state index contributed by atoms with van der Waals surface area (Å²) in [6.07, 6.45) is 4.36. The molecule has 0 atom stereocenters. The maximum Gasteiger partial charge on any atom is 0.223 e. The molecule has 0 bridgehead atoms. The van der Waals surface area contributed by atoms with Crippen molar-refractivity contribution in [2.75, 3.05) is 13.7 Å². The van der Waals surface area contributed by atoms with Gasteiger partial charge in [0.1, 0.15) is 0 Å². The molecule has 0 saturated heterocycles. The van der Waals surface area contributed by atoms with Crippen molar-refractivity contribution in [1.82, 2.24) is 4.90 Å². The second kappa shape index (κ2) is 8.43. The predicted molar refractivity (Wildman–Crippen MR) is 95.1 cm³/mol. The smallest absolute Gasteiger partial charge is 0.223 e. The first-order chi connectivity index (χ1) is 11.4. The van der Waals surface area contributed by atoms with Gasteiger partial charge in [0.25, 0.3) is 0 Å². The molecule has 0 aromatic heterocycles. The highest BCUT2D eigenvalue weighted by Crippen LogP contribution is 2.27. The molecule has 132 valence electrons. The van der Waals surface area contributed by atoms with Crippen molar-refractivity contribution < 1.29 is 14.7 Å². The summed E-state index contributed by atoms with van der Waals surface area (Å²) in [7, 11) is 1.84. The van der Waals surface area contributed by atoms with E-state index in [-0.39, 0.29) is 37.2 Å². The monoisotopic (exact) mass is 331 g/mol. The van der Waals surface area contributed by atoms with Crippen LogP contribution < -0.4 is 0 Å². The van der Waals surface area contributed by atoms with Gasteiger partial charge in [-0.15, -0.1) is 0 Å². The lowest BCUT2D eigenvalue weighted by Gasteiger charge is -2.34. The minimum Gasteiger partial charge on any atom is -0.396 e. The average molecular weight is 331 g/mol. The van der Waals surface area contributed by atoms with Crippen LogP contribution in [0.5, 0.6) is 0 Å². The fraction of sp³-hybridized carbons (Fsp3) is 0.600. The molecule has 1 N–H and O–H groups in total. The number of Topliss-reactive ketones (excluding diaryl/α,β-unsaturated/α-hetero) is 1. The van der Waals surface area contributed by atoms with E-state index >= 15 is 0 Å². The van der Waals surface area contributed by atoms with Gasteiger partial charge in [0, 0.05) is 38.1 Å². The second-order valence-corrected chi connectivity index (χ2v) is 7.10. The van der Waals surface area contributed by atoms with Gasteiger partial charge in [0.15, 0.2) is 5.78 Å². The maximum absolute atomic E-state index is 12.4. The van der Waals surface area contributed by atoms with E-state index < -0.39 is 0 Å². The lowest BCUT2D eigenvalue weighted by atomic mass is 9.86. The fourth-order valence-corrected chi connectivity index (χ4v) is 3.49. The minimum absolute atomic E-state index is 0.0427. The highest BCUT2D eigenvalue weighted by atomic mass is 16.3. The molecule has 0 heterocycles. The van der Waals surface area contributed by atoms with Crippen molar-refractivity contribution in [1.29, 1.82) is 0 Å². The Kier molecular flexibility index (Phi) is 6.55. The van der Waals surface area contributed by atoms with Crippen LogP contribution in [-0.4, -0.2) is 41.4 Å². The summed E-state index contributed by atoms with van der Waals surface area (Å²) >= 11 is 0. The van der Waals surface area contributed by atoms with Crippen molar-refractivity contribution in [2.24, 2.45) is 5.92 Å². The number of carbonyl (C=O) groups excluding carboxylic acids is 2. The fourth-order valence-electron chi connectivity index (χ4n) is 3.49. The summed E-state index contributed by atoms with van der Waals surface area (Å²) < 4.78 is 0. The van der Waals surface area contributed by atoms with Crippen LogP contribution in [0.1, 0.15) is 60.0 Å². The normalized spacial score (nSPS) is 20.7. The summed E-state index contributed by atoms with van der Waals surface area (Å²) in [4.78, 5) is 26.6. The highest BCUT2D eigenvalue weighted by Gasteiger charge is 2.26. The molecular weight excluding hydrogens is 302 g/mol. The van der Waals surface area contributed by atoms with E-state index in [1.165, 1.54) is 0 Å². The molecule has 4 heteroatoms. The zero-order valence-electron chi connectivity index (χ0n) is 15.0. The molecule has 1 amide bonds. The molecule has 0 radical (unpaired) electrons. The van der Waals surface area contributed by atoms with Crippen LogP contribution in [0.2, 0.25) is 0 Å². The van der Waals surface area contributed by atoms with Gasteiger partial charge in [0.2, 0.25) is 5.91 Å². The van der Waals surface area contributed by atoms with Gasteiger partial charge >= 0.3 is 0 Å². The highest BCUT2D eigenvalue weighted by molar-refractivity contribution is 5.99. The molecule has 1 aromatic rings. The summed E-state index contributed by atoms with van der Waals surface area (Å²) in [6, 6.07) is 6.10. The lowest BCUT2D eigenvalue weighted by molar-refractivity contribution is -0.132. The topological polar surface area (TPSA) is 57.6 Å². The van der Waals surface area contributed by atoms with Crippen molar-refractivity contribution in [3.05, 3.63) is 34.9 Å². The van der Waals surface area contributed by atoms with E-state index in [1.807, 2.05) is 44.0 Å². The number of hydrogen-bond donors (Lipinski definition) is 1. The van der Waals surface area contributed by atoms with Gasteiger partial charge < -0.3 is 10.0 Å². The van der Waals surface area contributed by atoms with Crippen molar-refractivity contribution >= 4 is 11.7 Å². The Morgan fingerprint density at radius 1 is 1.12 bits per heavy atom. The Balaban J connectivity index is 1.86. The van der Waals surface area contributed by atoms with Crippen LogP contribution in [0.4, 0.5) is 0 Å². The van der Waals surface area contributed by atoms with Gasteiger partial charge in [-0.25, -0.2) is 0 Å². The number of amides is 1. The number of nitrogens with zero attached hydrogens (tertiary/aromatic N) is 1. The number of benzene rings is 1. The second-order valence-electron chi connectivity index (χ2n) is 7.10. The van der Waals surface area contributed by atoms with Gasteiger partial charge in [-0.2, -0.15) is 0 Å². The lowest BCUT2D eigenvalue weighted by Crippen LogP contribution is -2.39. The number of aryl methyl sites for hydroxylation is 2. The van der Waals surface area contributed by atoms with E-state index in [9.17, 15) is 14.7 Å². The molecular formula is C20H29NO3. The van der Waals surface area contributed by atoms with E-state index in [4.69, 9.17) is 0 Å². The first kappa shape index (κ1) is 18.7. The van der Waals surface area contributed by atoms with Crippen molar-refractivity contribution in [2.45, 2.75) is 58.4 Å². The molecule has 0 unspecified atom stereocenters. The first-order valence-electron chi connectivity index (χ1n) is 8.89. The van der Waals surface area contributed by atoms with Crippen LogP contribution in [0.25, 0.3) is 0 Å². The predicted octanol–water partition coefficient (Wildman–Crippen LogP) is 3.28. The molecule has 1 aliphatic carbocycles. The number of carbonyl (C=O) groups is 2. The average Bonchev–Trinajstić information content (AvgIpc) is 2.60. The van der Waals surface area contributed by atoms with E-state index in [2.05, 4.69) is 0 Å². The third kappa shape index (κ3) is 4.67. The number of rotatable bonds is 6. The third-order valence-corrected chi connectivity index (χ3v) is 5.27. The van der Waals surface area contributed by atoms with Crippen LogP contribution in [0.3, 0.4) is 0 Å². The number of hydrogen-bond acceptors (Lipinski definition) is 3. The molecule has 1 saturated carbocycles. The number of ketones is 1. The van der Waals surface area contributed by atoms with Crippen molar-refractivity contribution in [3.63, 3.8) is 0 Å². The van der Waals surface area contributed by atoms with Crippen LogP contribution in [0, 0.1) is 19.8 Å². The Labute approximate surface area is 144 Å². The Hall–Kier alpha value is -1.68. The molecule has 4 nitrogen and oxygen atoms in total. The van der Waals surface area contributed by atoms with E-state index in [0.29, 0.717) is 5.92 Å². The van der Waals surface area contributed by atoms with Gasteiger partial charge in [0.05, 0.1) is 0 Å². The maximum atomic E-state index is 12.4. The summed E-state index contributed by atoms with van der Waals surface area (Å²) in [5.41, 5.74) is 2.76. The largest absolute Gasteiger partial charge is 0.396 e. The van der Waals surface area contributed by atoms with Gasteiger partial charge in [-0.1, -0.05) is 17.7 Å². The van der Waals surface area contributed by atoms with Gasteiger partial charge in [-0.05, 0) is 57.1 Å². The molecule has 0 spiro atoms. The first-order valence-corrected chi connectivity index (χ1v) is 8.89. The van der Waals surface area contributed by atoms with Crippen LogP contribution in [-0.2, 0) is 4.79 Å². The quantitative estimate of drug-likeness (QED) is 0.814. The van der Waals surface area contributed by atoms with Crippen LogP contribution >= 0.6 is 0 Å². The van der Waals surface area contributed by atoms with Crippen LogP contribution in [0.15, 0.2) is 18.2 Å². The SMILES string of the molecule is Cc1ccc(C)c(C(=O)CCC(=O)N(C)C2CCC(CO)CC2)c1. The summed E-state index contributed by atoms with van der Waals surface area (Å²) in [5.74, 6) is 0.471. The standard InChI is InChI=1S/C20H29NO3/c1-14-4-5-15(2)18(12-14)19(23)10-11-20(24)21(3)17-8-6-16(13-22)7-9-17/h4-5,12,16-17,22H,6-11,13H2,1-3H3. The molecule has 2 rings (SSSR count). The third-order valence-electron chi connectivity index (χ3n) is 5.27.